The van der Waals surface area contributed by atoms with Crippen molar-refractivity contribution < 1.29 is 26.4 Å². The fourth-order valence-electron chi connectivity index (χ4n) is 3.31. The molecule has 1 heterocycles. The van der Waals surface area contributed by atoms with E-state index < -0.39 is 27.7 Å². The van der Waals surface area contributed by atoms with E-state index in [1.165, 1.54) is 35.2 Å². The number of anilines is 1. The molecule has 0 atom stereocenters. The second kappa shape index (κ2) is 7.79. The molecule has 3 rings (SSSR count). The lowest BCUT2D eigenvalue weighted by Crippen LogP contribution is -2.36. The molecule has 1 aliphatic heterocycles. The second-order valence-electron chi connectivity index (χ2n) is 7.21. The maximum absolute atomic E-state index is 13.0. The molecule has 0 aromatic heterocycles. The summed E-state index contributed by atoms with van der Waals surface area (Å²) in [7, 11) is -3.77. The molecule has 0 fully saturated rings. The molecule has 1 amide bonds. The third-order valence-electron chi connectivity index (χ3n) is 4.55. The lowest BCUT2D eigenvalue weighted by molar-refractivity contribution is -0.137. The minimum Gasteiger partial charge on any atom is -0.308 e. The van der Waals surface area contributed by atoms with Gasteiger partial charge in [-0.1, -0.05) is 6.07 Å². The first kappa shape index (κ1) is 21.3. The lowest BCUT2D eigenvalue weighted by Gasteiger charge is -2.30. The van der Waals surface area contributed by atoms with Crippen molar-refractivity contribution in [2.75, 3.05) is 11.4 Å². The second-order valence-corrected chi connectivity index (χ2v) is 8.92. The van der Waals surface area contributed by atoms with E-state index in [9.17, 15) is 26.4 Å². The Hall–Kier alpha value is -2.39. The Balaban J connectivity index is 1.94. The van der Waals surface area contributed by atoms with E-state index in [4.69, 9.17) is 0 Å². The van der Waals surface area contributed by atoms with Crippen molar-refractivity contribution in [2.45, 2.75) is 43.8 Å². The van der Waals surface area contributed by atoms with Crippen LogP contribution in [0.1, 0.15) is 41.8 Å². The number of halogens is 3. The average Bonchev–Trinajstić information content (AvgIpc) is 2.65. The van der Waals surface area contributed by atoms with Gasteiger partial charge in [-0.15, -0.1) is 0 Å². The van der Waals surface area contributed by atoms with Crippen molar-refractivity contribution in [3.8, 4) is 0 Å². The maximum atomic E-state index is 13.0. The van der Waals surface area contributed by atoms with Crippen molar-refractivity contribution >= 4 is 21.6 Å². The van der Waals surface area contributed by atoms with Crippen LogP contribution in [0, 0.1) is 0 Å². The average molecular weight is 426 g/mol. The predicted molar refractivity (Wildman–Crippen MR) is 103 cm³/mol. The largest absolute Gasteiger partial charge is 0.416 e. The normalized spacial score (nSPS) is 14.8. The molecule has 0 unspecified atom stereocenters. The number of fused-ring (bicyclic) bond motifs is 1. The van der Waals surface area contributed by atoms with Crippen molar-refractivity contribution in [3.63, 3.8) is 0 Å². The lowest BCUT2D eigenvalue weighted by atomic mass is 9.98. The molecule has 0 saturated carbocycles. The van der Waals surface area contributed by atoms with Crippen LogP contribution in [-0.4, -0.2) is 26.9 Å². The molecule has 0 spiro atoms. The minimum atomic E-state index is -4.45. The Morgan fingerprint density at radius 2 is 1.86 bits per heavy atom. The Kier molecular flexibility index (Phi) is 5.73. The van der Waals surface area contributed by atoms with Crippen LogP contribution in [0.4, 0.5) is 18.9 Å². The third kappa shape index (κ3) is 4.62. The Morgan fingerprint density at radius 3 is 2.52 bits per heavy atom. The number of rotatable bonds is 4. The Morgan fingerprint density at radius 1 is 1.14 bits per heavy atom. The first-order valence-electron chi connectivity index (χ1n) is 9.13. The molecule has 0 radical (unpaired) electrons. The molecule has 0 bridgehead atoms. The van der Waals surface area contributed by atoms with E-state index in [1.54, 1.807) is 13.8 Å². The fraction of sp³-hybridized carbons (Fsp3) is 0.350. The van der Waals surface area contributed by atoms with Crippen LogP contribution < -0.4 is 9.62 Å². The van der Waals surface area contributed by atoms with Crippen LogP contribution in [0.5, 0.6) is 0 Å². The summed E-state index contributed by atoms with van der Waals surface area (Å²) in [6, 6.07) is 8.66. The van der Waals surface area contributed by atoms with Gasteiger partial charge in [0.15, 0.2) is 0 Å². The van der Waals surface area contributed by atoms with Gasteiger partial charge < -0.3 is 4.90 Å². The zero-order chi connectivity index (χ0) is 21.4. The van der Waals surface area contributed by atoms with E-state index in [-0.39, 0.29) is 16.5 Å². The molecule has 2 aromatic carbocycles. The summed E-state index contributed by atoms with van der Waals surface area (Å²) < 4.78 is 66.2. The van der Waals surface area contributed by atoms with Gasteiger partial charge in [0, 0.05) is 23.8 Å². The number of nitrogens with one attached hydrogen (secondary N) is 1. The monoisotopic (exact) mass is 426 g/mol. The summed E-state index contributed by atoms with van der Waals surface area (Å²) in [5, 5.41) is 0. The number of hydrogen-bond donors (Lipinski definition) is 1. The summed E-state index contributed by atoms with van der Waals surface area (Å²) in [5.74, 6) is -0.452. The first-order chi connectivity index (χ1) is 13.5. The highest BCUT2D eigenvalue weighted by Gasteiger charge is 2.33. The van der Waals surface area contributed by atoms with E-state index >= 15 is 0 Å². The van der Waals surface area contributed by atoms with Gasteiger partial charge in [0.1, 0.15) is 0 Å². The van der Waals surface area contributed by atoms with E-state index in [0.29, 0.717) is 30.6 Å². The van der Waals surface area contributed by atoms with Gasteiger partial charge in [0.05, 0.1) is 10.5 Å². The van der Waals surface area contributed by atoms with E-state index in [1.807, 2.05) is 0 Å². The topological polar surface area (TPSA) is 66.5 Å². The molecule has 1 aliphatic rings. The molecule has 29 heavy (non-hydrogen) atoms. The Bertz CT molecular complexity index is 1030. The number of nitrogens with zero attached hydrogens (tertiary/aromatic N) is 1. The van der Waals surface area contributed by atoms with Crippen molar-refractivity contribution in [3.05, 3.63) is 59.2 Å². The van der Waals surface area contributed by atoms with Crippen molar-refractivity contribution in [1.29, 1.82) is 0 Å². The standard InChI is InChI=1S/C20H21F3N2O3S/c1-13(2)24-29(27,28)17-7-3-5-15(12-17)19(26)25-10-4-6-14-11-16(20(21,22)23)8-9-18(14)25/h3,5,7-9,11-13,24H,4,6,10H2,1-2H3. The van der Waals surface area contributed by atoms with Crippen LogP contribution in [0.25, 0.3) is 0 Å². The number of amides is 1. The minimum absolute atomic E-state index is 0.0401. The molecule has 2 aromatic rings. The molecular weight excluding hydrogens is 405 g/mol. The zero-order valence-electron chi connectivity index (χ0n) is 16.0. The van der Waals surface area contributed by atoms with Gasteiger partial charge in [0.2, 0.25) is 10.0 Å². The molecule has 1 N–H and O–H groups in total. The number of carbonyl (C=O) groups excluding carboxylic acids is 1. The maximum Gasteiger partial charge on any atom is 0.416 e. The summed E-state index contributed by atoms with van der Waals surface area (Å²) in [4.78, 5) is 14.4. The van der Waals surface area contributed by atoms with Crippen LogP contribution >= 0.6 is 0 Å². The van der Waals surface area contributed by atoms with Gasteiger partial charge in [-0.25, -0.2) is 13.1 Å². The van der Waals surface area contributed by atoms with E-state index in [0.717, 1.165) is 12.1 Å². The SMILES string of the molecule is CC(C)NS(=O)(=O)c1cccc(C(=O)N2CCCc3cc(C(F)(F)F)ccc32)c1. The molecule has 9 heteroatoms. The summed E-state index contributed by atoms with van der Waals surface area (Å²) in [5.41, 5.74) is 0.273. The Labute approximate surface area is 167 Å². The number of sulfonamides is 1. The smallest absolute Gasteiger partial charge is 0.308 e. The third-order valence-corrected chi connectivity index (χ3v) is 6.21. The van der Waals surface area contributed by atoms with Gasteiger partial charge in [0.25, 0.3) is 5.91 Å². The highest BCUT2D eigenvalue weighted by Crippen LogP contribution is 2.35. The van der Waals surface area contributed by atoms with Gasteiger partial charge in [-0.3, -0.25) is 4.79 Å². The molecule has 156 valence electrons. The van der Waals surface area contributed by atoms with Gasteiger partial charge >= 0.3 is 6.18 Å². The summed E-state index contributed by atoms with van der Waals surface area (Å²) in [6.45, 7) is 3.72. The number of benzene rings is 2. The van der Waals surface area contributed by atoms with E-state index in [2.05, 4.69) is 4.72 Å². The highest BCUT2D eigenvalue weighted by molar-refractivity contribution is 7.89. The van der Waals surface area contributed by atoms with Crippen molar-refractivity contribution in [1.82, 2.24) is 4.72 Å². The van der Waals surface area contributed by atoms with Gasteiger partial charge in [-0.05, 0) is 68.7 Å². The molecular formula is C20H21F3N2O3S. The zero-order valence-corrected chi connectivity index (χ0v) is 16.8. The van der Waals surface area contributed by atoms with Crippen molar-refractivity contribution in [2.24, 2.45) is 0 Å². The van der Waals surface area contributed by atoms with Crippen LogP contribution in [0.15, 0.2) is 47.4 Å². The molecule has 0 saturated heterocycles. The number of hydrogen-bond acceptors (Lipinski definition) is 3. The number of carbonyl (C=O) groups is 1. The predicted octanol–water partition coefficient (Wildman–Crippen LogP) is 3.99. The quantitative estimate of drug-likeness (QED) is 0.804. The molecule has 0 aliphatic carbocycles. The number of alkyl halides is 3. The summed E-state index contributed by atoms with van der Waals surface area (Å²) in [6.07, 6.45) is -3.49. The van der Waals surface area contributed by atoms with Crippen LogP contribution in [0.3, 0.4) is 0 Å². The summed E-state index contributed by atoms with van der Waals surface area (Å²) >= 11 is 0. The number of aryl methyl sites for hydroxylation is 1. The molecule has 5 nitrogen and oxygen atoms in total. The van der Waals surface area contributed by atoms with Gasteiger partial charge in [-0.2, -0.15) is 13.2 Å². The fourth-order valence-corrected chi connectivity index (χ4v) is 4.61. The van der Waals surface area contributed by atoms with Crippen LogP contribution in [-0.2, 0) is 22.6 Å². The van der Waals surface area contributed by atoms with Crippen LogP contribution in [0.2, 0.25) is 0 Å². The first-order valence-corrected chi connectivity index (χ1v) is 10.6. The highest BCUT2D eigenvalue weighted by atomic mass is 32.2.